The highest BCUT2D eigenvalue weighted by molar-refractivity contribution is 6.50. The van der Waals surface area contributed by atoms with Crippen LogP contribution in [0.3, 0.4) is 0 Å². The predicted octanol–water partition coefficient (Wildman–Crippen LogP) is 6.76. The predicted molar refractivity (Wildman–Crippen MR) is 133 cm³/mol. The smallest absolute Gasteiger partial charge is 0.418 e. The number of hydrogen-bond acceptors (Lipinski definition) is 3. The maximum Gasteiger partial charge on any atom is 0.673 e. The SMILES string of the molecule is Cc1ccc(-c2cc(-c3ccncc3)cc(-c3ccncc3)[n+]2-c2ccncc2)cc1.F[B-](F)(F)F. The molecule has 0 fully saturated rings. The fraction of sp³-hybridized carbons (Fsp3) is 0.0370. The van der Waals surface area contributed by atoms with Crippen molar-refractivity contribution in [2.75, 3.05) is 0 Å². The maximum absolute atomic E-state index is 9.75. The number of aromatic nitrogens is 4. The molecule has 36 heavy (non-hydrogen) atoms. The second kappa shape index (κ2) is 10.9. The third kappa shape index (κ3) is 6.38. The van der Waals surface area contributed by atoms with Crippen molar-refractivity contribution in [3.8, 4) is 39.3 Å². The van der Waals surface area contributed by atoms with Gasteiger partial charge in [0.05, 0.1) is 0 Å². The summed E-state index contributed by atoms with van der Waals surface area (Å²) in [6.07, 6.45) is 11.0. The molecular weight excluding hydrogens is 467 g/mol. The topological polar surface area (TPSA) is 42.5 Å². The minimum atomic E-state index is -6.00. The number of benzene rings is 1. The van der Waals surface area contributed by atoms with Crippen molar-refractivity contribution in [2.45, 2.75) is 6.92 Å². The summed E-state index contributed by atoms with van der Waals surface area (Å²) < 4.78 is 41.3. The molecule has 0 saturated carbocycles. The second-order valence-corrected chi connectivity index (χ2v) is 7.89. The van der Waals surface area contributed by atoms with E-state index in [1.807, 2.05) is 73.6 Å². The largest absolute Gasteiger partial charge is 0.673 e. The first kappa shape index (κ1) is 24.7. The molecule has 4 heterocycles. The summed E-state index contributed by atoms with van der Waals surface area (Å²) in [6, 6.07) is 25.4. The number of halogens is 4. The lowest BCUT2D eigenvalue weighted by molar-refractivity contribution is -0.572. The molecule has 1 aromatic carbocycles. The first-order valence-corrected chi connectivity index (χ1v) is 11.1. The van der Waals surface area contributed by atoms with Crippen LogP contribution < -0.4 is 4.57 Å². The zero-order valence-corrected chi connectivity index (χ0v) is 19.3. The molecule has 180 valence electrons. The molecule has 4 aromatic heterocycles. The summed E-state index contributed by atoms with van der Waals surface area (Å²) >= 11 is 0. The van der Waals surface area contributed by atoms with Gasteiger partial charge in [-0.25, -0.2) is 0 Å². The lowest BCUT2D eigenvalue weighted by atomic mass is 9.99. The molecule has 0 N–H and O–H groups in total. The molecule has 5 rings (SSSR count). The van der Waals surface area contributed by atoms with Crippen LogP contribution in [0.5, 0.6) is 0 Å². The van der Waals surface area contributed by atoms with E-state index in [0.717, 1.165) is 39.3 Å². The Morgan fingerprint density at radius 1 is 0.528 bits per heavy atom. The van der Waals surface area contributed by atoms with Gasteiger partial charge in [0, 0.05) is 72.6 Å². The van der Waals surface area contributed by atoms with Crippen LogP contribution in [0, 0.1) is 6.92 Å². The van der Waals surface area contributed by atoms with Gasteiger partial charge in [-0.15, -0.1) is 0 Å². The number of hydrogen-bond donors (Lipinski definition) is 0. The summed E-state index contributed by atoms with van der Waals surface area (Å²) in [5, 5.41) is 0. The van der Waals surface area contributed by atoms with Crippen LogP contribution in [0.15, 0.2) is 110 Å². The fourth-order valence-electron chi connectivity index (χ4n) is 3.75. The van der Waals surface area contributed by atoms with Crippen molar-refractivity contribution < 1.29 is 21.8 Å². The molecule has 5 aromatic rings. The first-order chi connectivity index (χ1) is 17.3. The summed E-state index contributed by atoms with van der Waals surface area (Å²) in [6.45, 7) is 2.11. The molecule has 0 bridgehead atoms. The second-order valence-electron chi connectivity index (χ2n) is 7.89. The standard InChI is InChI=1S/C27H21N4.BF4/c1-20-2-4-22(5-3-20)26-18-24(21-6-12-28-13-7-21)19-27(23-8-14-29-15-9-23)31(26)25-10-16-30-17-11-25;2-1(3,4)5/h2-19H,1H3;/q+1;-1. The fourth-order valence-corrected chi connectivity index (χ4v) is 3.75. The molecule has 0 atom stereocenters. The van der Waals surface area contributed by atoms with Crippen molar-refractivity contribution in [2.24, 2.45) is 0 Å². The van der Waals surface area contributed by atoms with E-state index in [4.69, 9.17) is 0 Å². The molecule has 0 unspecified atom stereocenters. The summed E-state index contributed by atoms with van der Waals surface area (Å²) in [5.41, 5.74) is 8.98. The molecule has 0 spiro atoms. The van der Waals surface area contributed by atoms with E-state index in [-0.39, 0.29) is 0 Å². The zero-order valence-electron chi connectivity index (χ0n) is 19.3. The first-order valence-electron chi connectivity index (χ1n) is 11.1. The molecule has 0 radical (unpaired) electrons. The van der Waals surface area contributed by atoms with Gasteiger partial charge < -0.3 is 17.3 Å². The van der Waals surface area contributed by atoms with Crippen LogP contribution in [0.25, 0.3) is 39.3 Å². The molecule has 0 aliphatic carbocycles. The van der Waals surface area contributed by atoms with Crippen molar-refractivity contribution in [3.63, 3.8) is 0 Å². The highest BCUT2D eigenvalue weighted by atomic mass is 19.5. The number of pyridine rings is 4. The third-order valence-electron chi connectivity index (χ3n) is 5.32. The van der Waals surface area contributed by atoms with Gasteiger partial charge in [-0.05, 0) is 54.4 Å². The van der Waals surface area contributed by atoms with Crippen LogP contribution in [-0.4, -0.2) is 22.2 Å². The normalized spacial score (nSPS) is 10.9. The van der Waals surface area contributed by atoms with Gasteiger partial charge in [0.25, 0.3) is 0 Å². The van der Waals surface area contributed by atoms with Crippen molar-refractivity contribution in [3.05, 3.63) is 116 Å². The summed E-state index contributed by atoms with van der Waals surface area (Å²) in [7, 11) is -6.00. The van der Waals surface area contributed by atoms with E-state index in [0.29, 0.717) is 0 Å². The lowest BCUT2D eigenvalue weighted by Gasteiger charge is -2.12. The lowest BCUT2D eigenvalue weighted by Crippen LogP contribution is -2.36. The van der Waals surface area contributed by atoms with Gasteiger partial charge in [-0.2, -0.15) is 4.57 Å². The average Bonchev–Trinajstić information content (AvgIpc) is 2.89. The van der Waals surface area contributed by atoms with Crippen molar-refractivity contribution >= 4 is 7.25 Å². The van der Waals surface area contributed by atoms with Crippen molar-refractivity contribution in [1.82, 2.24) is 15.0 Å². The Morgan fingerprint density at radius 3 is 1.39 bits per heavy atom. The Bertz CT molecular complexity index is 1410. The van der Waals surface area contributed by atoms with E-state index in [9.17, 15) is 17.3 Å². The van der Waals surface area contributed by atoms with E-state index in [1.54, 1.807) is 0 Å². The van der Waals surface area contributed by atoms with E-state index in [2.05, 4.69) is 62.8 Å². The Balaban J connectivity index is 0.000000556. The van der Waals surface area contributed by atoms with Gasteiger partial charge in [0.1, 0.15) is 0 Å². The van der Waals surface area contributed by atoms with Crippen LogP contribution >= 0.6 is 0 Å². The summed E-state index contributed by atoms with van der Waals surface area (Å²) in [4.78, 5) is 12.6. The number of rotatable bonds is 4. The molecule has 0 amide bonds. The molecule has 0 aliphatic heterocycles. The Kier molecular flexibility index (Phi) is 7.49. The monoisotopic (exact) mass is 488 g/mol. The minimum Gasteiger partial charge on any atom is -0.418 e. The third-order valence-corrected chi connectivity index (χ3v) is 5.32. The van der Waals surface area contributed by atoms with E-state index < -0.39 is 7.25 Å². The quantitative estimate of drug-likeness (QED) is 0.160. The molecule has 0 aliphatic rings. The maximum atomic E-state index is 9.75. The van der Waals surface area contributed by atoms with Gasteiger partial charge in [-0.3, -0.25) is 15.0 Å². The van der Waals surface area contributed by atoms with Crippen LogP contribution in [-0.2, 0) is 0 Å². The zero-order chi connectivity index (χ0) is 25.5. The van der Waals surface area contributed by atoms with Crippen LogP contribution in [0.2, 0.25) is 0 Å². The van der Waals surface area contributed by atoms with Crippen LogP contribution in [0.1, 0.15) is 5.56 Å². The van der Waals surface area contributed by atoms with E-state index in [1.165, 1.54) is 5.56 Å². The van der Waals surface area contributed by atoms with E-state index >= 15 is 0 Å². The van der Waals surface area contributed by atoms with Gasteiger partial charge in [-0.1, -0.05) is 17.7 Å². The molecule has 0 saturated heterocycles. The number of nitrogens with zero attached hydrogens (tertiary/aromatic N) is 4. The van der Waals surface area contributed by atoms with Crippen molar-refractivity contribution in [1.29, 1.82) is 0 Å². The summed E-state index contributed by atoms with van der Waals surface area (Å²) in [5.74, 6) is 0. The van der Waals surface area contributed by atoms with Gasteiger partial charge >= 0.3 is 7.25 Å². The van der Waals surface area contributed by atoms with Gasteiger partial charge in [0.2, 0.25) is 17.1 Å². The molecular formula is C27H21BF4N4. The van der Waals surface area contributed by atoms with Crippen LogP contribution in [0.4, 0.5) is 17.3 Å². The highest BCUT2D eigenvalue weighted by Crippen LogP contribution is 2.30. The average molecular weight is 488 g/mol. The molecule has 9 heteroatoms. The van der Waals surface area contributed by atoms with Gasteiger partial charge in [0.15, 0.2) is 0 Å². The Labute approximate surface area is 206 Å². The number of aryl methyl sites for hydroxylation is 1. The minimum absolute atomic E-state index is 1.05. The Morgan fingerprint density at radius 2 is 0.917 bits per heavy atom. The molecule has 4 nitrogen and oxygen atoms in total. The highest BCUT2D eigenvalue weighted by Gasteiger charge is 2.25. The Hall–Kier alpha value is -4.40.